The maximum absolute atomic E-state index is 12.9. The number of rotatable bonds is 5. The van der Waals surface area contributed by atoms with Crippen LogP contribution in [0.1, 0.15) is 5.56 Å². The lowest BCUT2D eigenvalue weighted by atomic mass is 10.2. The Bertz CT molecular complexity index is 1040. The number of fused-ring (bicyclic) bond motifs is 1. The number of anilines is 2. The van der Waals surface area contributed by atoms with E-state index in [1.165, 1.54) is 28.6 Å². The smallest absolute Gasteiger partial charge is 0.369 e. The maximum atomic E-state index is 12.9. The number of para-hydroxylation sites is 1. The molecule has 0 bridgehead atoms. The van der Waals surface area contributed by atoms with Crippen molar-refractivity contribution >= 4 is 33.1 Å². The van der Waals surface area contributed by atoms with Crippen molar-refractivity contribution in [3.8, 4) is 6.07 Å². The highest BCUT2D eigenvalue weighted by Gasteiger charge is 2.30. The second-order valence-electron chi connectivity index (χ2n) is 5.66. The number of carbonyl (C=O) groups excluding carboxylic acids is 1. The van der Waals surface area contributed by atoms with Gasteiger partial charge in [0.25, 0.3) is 10.0 Å². The van der Waals surface area contributed by atoms with Gasteiger partial charge in [0.15, 0.2) is 0 Å². The number of esters is 1. The Labute approximate surface area is 156 Å². The highest BCUT2D eigenvalue weighted by molar-refractivity contribution is 7.92. The molecule has 0 atom stereocenters. The summed E-state index contributed by atoms with van der Waals surface area (Å²) in [5, 5.41) is 12.5. The van der Waals surface area contributed by atoms with Crippen LogP contribution in [0.15, 0.2) is 58.5 Å². The Hall–Kier alpha value is -3.38. The third-order valence-corrected chi connectivity index (χ3v) is 5.90. The van der Waals surface area contributed by atoms with Crippen molar-refractivity contribution in [2.45, 2.75) is 11.3 Å². The molecule has 0 spiro atoms. The average Bonchev–Trinajstić information content (AvgIpc) is 3.13. The van der Waals surface area contributed by atoms with Gasteiger partial charge in [-0.05, 0) is 42.3 Å². The number of hydrogen-bond acceptors (Lipinski definition) is 7. The van der Waals surface area contributed by atoms with Crippen LogP contribution in [0.5, 0.6) is 0 Å². The summed E-state index contributed by atoms with van der Waals surface area (Å²) in [4.78, 5) is 11.4. The van der Waals surface area contributed by atoms with Gasteiger partial charge in [0.2, 0.25) is 5.71 Å². The summed E-state index contributed by atoms with van der Waals surface area (Å²) in [5.41, 5.74) is 4.21. The van der Waals surface area contributed by atoms with E-state index in [0.717, 1.165) is 12.7 Å². The largest absolute Gasteiger partial charge is 0.464 e. The van der Waals surface area contributed by atoms with Crippen molar-refractivity contribution < 1.29 is 17.9 Å². The lowest BCUT2D eigenvalue weighted by Gasteiger charge is -2.19. The van der Waals surface area contributed by atoms with Crippen LogP contribution >= 0.6 is 0 Å². The number of ether oxygens (including phenoxy) is 1. The van der Waals surface area contributed by atoms with Crippen molar-refractivity contribution in [1.29, 1.82) is 5.26 Å². The fourth-order valence-corrected chi connectivity index (χ4v) is 4.22. The first kappa shape index (κ1) is 18.4. The first-order valence-corrected chi connectivity index (χ1v) is 9.44. The van der Waals surface area contributed by atoms with Gasteiger partial charge in [0.1, 0.15) is 6.07 Å². The van der Waals surface area contributed by atoms with Gasteiger partial charge in [0, 0.05) is 6.54 Å². The Morgan fingerprint density at radius 3 is 2.59 bits per heavy atom. The molecule has 1 aliphatic heterocycles. The van der Waals surface area contributed by atoms with Crippen molar-refractivity contribution in [1.82, 2.24) is 0 Å². The number of nitrogens with zero attached hydrogens (tertiary/aromatic N) is 3. The molecule has 2 aromatic carbocycles. The third-order valence-electron chi connectivity index (χ3n) is 4.07. The van der Waals surface area contributed by atoms with Crippen LogP contribution in [0.4, 0.5) is 11.4 Å². The molecule has 0 aromatic heterocycles. The van der Waals surface area contributed by atoms with Gasteiger partial charge in [-0.1, -0.05) is 18.2 Å². The monoisotopic (exact) mass is 384 g/mol. The van der Waals surface area contributed by atoms with E-state index < -0.39 is 21.7 Å². The average molecular weight is 384 g/mol. The standard InChI is InChI=1S/C18H16N4O4S/c1-26-18(23)16(12-19)21-20-14-6-8-15(9-7-14)27(24,25)22-11-10-13-4-2-3-5-17(13)22/h2-9,20H,10-11H2,1H3/b21-16-. The van der Waals surface area contributed by atoms with Crippen molar-refractivity contribution in [3.63, 3.8) is 0 Å². The second kappa shape index (κ2) is 7.47. The van der Waals surface area contributed by atoms with Gasteiger partial charge in [-0.25, -0.2) is 13.2 Å². The zero-order valence-corrected chi connectivity index (χ0v) is 15.2. The number of methoxy groups -OCH3 is 1. The molecular formula is C18H16N4O4S. The fraction of sp³-hybridized carbons (Fsp3) is 0.167. The predicted octanol–water partition coefficient (Wildman–Crippen LogP) is 1.90. The Morgan fingerprint density at radius 1 is 1.22 bits per heavy atom. The Balaban J connectivity index is 1.81. The van der Waals surface area contributed by atoms with Crippen LogP contribution in [-0.4, -0.2) is 33.8 Å². The molecule has 1 N–H and O–H groups in total. The zero-order valence-electron chi connectivity index (χ0n) is 14.4. The summed E-state index contributed by atoms with van der Waals surface area (Å²) in [6.07, 6.45) is 0.675. The van der Waals surface area contributed by atoms with Crippen molar-refractivity contribution in [2.24, 2.45) is 5.10 Å². The number of hydrazone groups is 1. The normalized spacial score (nSPS) is 13.6. The maximum Gasteiger partial charge on any atom is 0.369 e. The Morgan fingerprint density at radius 2 is 1.93 bits per heavy atom. The number of benzene rings is 2. The molecule has 0 amide bonds. The van der Waals surface area contributed by atoms with Crippen molar-refractivity contribution in [3.05, 3.63) is 54.1 Å². The second-order valence-corrected chi connectivity index (χ2v) is 7.52. The van der Waals surface area contributed by atoms with Gasteiger partial charge in [-0.15, -0.1) is 0 Å². The van der Waals surface area contributed by atoms with E-state index in [1.54, 1.807) is 12.1 Å². The molecule has 9 heteroatoms. The molecule has 27 heavy (non-hydrogen) atoms. The van der Waals surface area contributed by atoms with Gasteiger partial charge < -0.3 is 4.74 Å². The molecule has 3 rings (SSSR count). The number of nitrogens with one attached hydrogen (secondary N) is 1. The fourth-order valence-electron chi connectivity index (χ4n) is 2.72. The van der Waals surface area contributed by atoms with E-state index in [4.69, 9.17) is 5.26 Å². The molecule has 8 nitrogen and oxygen atoms in total. The van der Waals surface area contributed by atoms with E-state index in [2.05, 4.69) is 15.3 Å². The van der Waals surface area contributed by atoms with Gasteiger partial charge in [-0.3, -0.25) is 9.73 Å². The van der Waals surface area contributed by atoms with Gasteiger partial charge in [-0.2, -0.15) is 10.4 Å². The SMILES string of the molecule is COC(=O)/C(C#N)=N\Nc1ccc(S(=O)(=O)N2CCc3ccccc32)cc1. The van der Waals surface area contributed by atoms with Crippen LogP contribution in [0, 0.1) is 11.3 Å². The minimum Gasteiger partial charge on any atom is -0.464 e. The van der Waals surface area contributed by atoms with E-state index in [9.17, 15) is 13.2 Å². The quantitative estimate of drug-likeness (QED) is 0.479. The molecule has 1 aliphatic rings. The summed E-state index contributed by atoms with van der Waals surface area (Å²) >= 11 is 0. The zero-order chi connectivity index (χ0) is 19.4. The Kier molecular flexibility index (Phi) is 5.09. The lowest BCUT2D eigenvalue weighted by molar-refractivity contribution is -0.132. The highest BCUT2D eigenvalue weighted by Crippen LogP contribution is 2.32. The minimum absolute atomic E-state index is 0.141. The molecule has 0 radical (unpaired) electrons. The molecule has 0 saturated heterocycles. The molecule has 0 fully saturated rings. The molecule has 0 unspecified atom stereocenters. The molecule has 138 valence electrons. The van der Waals surface area contributed by atoms with Crippen LogP contribution in [-0.2, 0) is 26.0 Å². The topological polar surface area (TPSA) is 112 Å². The van der Waals surface area contributed by atoms with Crippen LogP contribution < -0.4 is 9.73 Å². The predicted molar refractivity (Wildman–Crippen MR) is 99.8 cm³/mol. The first-order valence-electron chi connectivity index (χ1n) is 8.00. The summed E-state index contributed by atoms with van der Waals surface area (Å²) < 4.78 is 31.7. The summed E-state index contributed by atoms with van der Waals surface area (Å²) in [5.74, 6) is -0.864. The molecule has 2 aromatic rings. The lowest BCUT2D eigenvalue weighted by Crippen LogP contribution is -2.29. The van der Waals surface area contributed by atoms with E-state index >= 15 is 0 Å². The van der Waals surface area contributed by atoms with Gasteiger partial charge in [0.05, 0.1) is 23.4 Å². The number of hydrogen-bond donors (Lipinski definition) is 1. The first-order chi connectivity index (χ1) is 13.0. The van der Waals surface area contributed by atoms with Gasteiger partial charge >= 0.3 is 5.97 Å². The molecule has 0 saturated carbocycles. The summed E-state index contributed by atoms with van der Waals surface area (Å²) in [7, 11) is -2.53. The minimum atomic E-state index is -3.68. The van der Waals surface area contributed by atoms with Crippen LogP contribution in [0.2, 0.25) is 0 Å². The summed E-state index contributed by atoms with van der Waals surface area (Å²) in [6, 6.07) is 14.9. The molecule has 0 aliphatic carbocycles. The molecule has 1 heterocycles. The number of nitriles is 1. The van der Waals surface area contributed by atoms with E-state index in [0.29, 0.717) is 24.3 Å². The number of sulfonamides is 1. The highest BCUT2D eigenvalue weighted by atomic mass is 32.2. The van der Waals surface area contributed by atoms with E-state index in [-0.39, 0.29) is 4.90 Å². The molecular weight excluding hydrogens is 368 g/mol. The van der Waals surface area contributed by atoms with Crippen molar-refractivity contribution in [2.75, 3.05) is 23.4 Å². The third kappa shape index (κ3) is 3.61. The van der Waals surface area contributed by atoms with E-state index in [1.807, 2.05) is 18.2 Å². The summed E-state index contributed by atoms with van der Waals surface area (Å²) in [6.45, 7) is 0.399. The van der Waals surface area contributed by atoms with Crippen LogP contribution in [0.25, 0.3) is 0 Å². The van der Waals surface area contributed by atoms with Crippen LogP contribution in [0.3, 0.4) is 0 Å². The number of carbonyl (C=O) groups is 1.